The summed E-state index contributed by atoms with van der Waals surface area (Å²) in [4.78, 5) is 35.2. The maximum atomic E-state index is 13.2. The number of H-pyrrole nitrogens is 1. The second kappa shape index (κ2) is 9.66. The highest BCUT2D eigenvalue weighted by molar-refractivity contribution is 7.13. The van der Waals surface area contributed by atoms with E-state index in [4.69, 9.17) is 9.15 Å². The number of alkyl halides is 3. The summed E-state index contributed by atoms with van der Waals surface area (Å²) in [5.74, 6) is -0.911. The largest absolute Gasteiger partial charge is 0.477 e. The zero-order valence-electron chi connectivity index (χ0n) is 18.3. The van der Waals surface area contributed by atoms with Crippen molar-refractivity contribution < 1.29 is 27.1 Å². The fourth-order valence-electron chi connectivity index (χ4n) is 3.05. The van der Waals surface area contributed by atoms with Crippen LogP contribution in [0.3, 0.4) is 0 Å². The molecular formula is C21H17F3N6O4S. The van der Waals surface area contributed by atoms with Gasteiger partial charge in [-0.25, -0.2) is 24.8 Å². The molecular weight excluding hydrogens is 489 g/mol. The first-order valence-corrected chi connectivity index (χ1v) is 11.0. The van der Waals surface area contributed by atoms with Crippen LogP contribution in [0, 0.1) is 0 Å². The number of carbonyl (C=O) groups is 1. The molecule has 0 aromatic carbocycles. The van der Waals surface area contributed by atoms with Crippen LogP contribution >= 0.6 is 11.3 Å². The van der Waals surface area contributed by atoms with Crippen LogP contribution in [0.1, 0.15) is 26.0 Å². The number of aromatic amines is 1. The van der Waals surface area contributed by atoms with E-state index in [0.29, 0.717) is 29.7 Å². The molecule has 4 heterocycles. The summed E-state index contributed by atoms with van der Waals surface area (Å²) in [6, 6.07) is 2.98. The fourth-order valence-corrected chi connectivity index (χ4v) is 3.91. The van der Waals surface area contributed by atoms with Gasteiger partial charge in [0, 0.05) is 41.4 Å². The predicted molar refractivity (Wildman–Crippen MR) is 120 cm³/mol. The van der Waals surface area contributed by atoms with E-state index < -0.39 is 23.5 Å². The lowest BCUT2D eigenvalue weighted by atomic mass is 10.0. The van der Waals surface area contributed by atoms with Gasteiger partial charge in [0.1, 0.15) is 10.8 Å². The lowest BCUT2D eigenvalue weighted by Crippen LogP contribution is -2.08. The maximum Gasteiger partial charge on any atom is 0.434 e. The highest BCUT2D eigenvalue weighted by Crippen LogP contribution is 2.41. The van der Waals surface area contributed by atoms with Crippen molar-refractivity contribution in [2.45, 2.75) is 26.4 Å². The number of ether oxygens (including phenoxy) is 1. The van der Waals surface area contributed by atoms with Crippen LogP contribution < -0.4 is 15.8 Å². The number of pyridine rings is 2. The average molecular weight is 506 g/mol. The zero-order valence-corrected chi connectivity index (χ0v) is 19.1. The number of carbonyl (C=O) groups excluding carboxylic acids is 1. The minimum atomic E-state index is -4.63. The van der Waals surface area contributed by atoms with Gasteiger partial charge in [-0.05, 0) is 18.6 Å². The van der Waals surface area contributed by atoms with Crippen molar-refractivity contribution in [3.8, 4) is 39.0 Å². The monoisotopic (exact) mass is 506 g/mol. The number of nitrogens with one attached hydrogen (secondary N) is 2. The van der Waals surface area contributed by atoms with Crippen LogP contribution in [-0.4, -0.2) is 37.7 Å². The Morgan fingerprint density at radius 3 is 2.63 bits per heavy atom. The first kappa shape index (κ1) is 24.1. The van der Waals surface area contributed by atoms with Crippen LogP contribution in [0.2, 0.25) is 0 Å². The molecule has 0 aliphatic rings. The van der Waals surface area contributed by atoms with Crippen LogP contribution in [0.4, 0.5) is 19.0 Å². The average Bonchev–Trinajstić information content (AvgIpc) is 3.47. The second-order valence-electron chi connectivity index (χ2n) is 7.18. The number of thiazole rings is 1. The lowest BCUT2D eigenvalue weighted by molar-refractivity contribution is -0.140. The number of amides is 1. The number of rotatable bonds is 7. The Morgan fingerprint density at radius 2 is 2.00 bits per heavy atom. The van der Waals surface area contributed by atoms with Gasteiger partial charge in [-0.1, -0.05) is 6.92 Å². The number of anilines is 1. The van der Waals surface area contributed by atoms with E-state index >= 15 is 0 Å². The summed E-state index contributed by atoms with van der Waals surface area (Å²) in [6.45, 7) is 3.50. The second-order valence-corrected chi connectivity index (χ2v) is 8.03. The predicted octanol–water partition coefficient (Wildman–Crippen LogP) is 4.38. The highest BCUT2D eigenvalue weighted by atomic mass is 32.1. The molecule has 2 N–H and O–H groups in total. The molecule has 4 rings (SSSR count). The van der Waals surface area contributed by atoms with E-state index in [1.165, 1.54) is 25.4 Å². The van der Waals surface area contributed by atoms with Crippen molar-refractivity contribution in [3.63, 3.8) is 0 Å². The Kier molecular flexibility index (Phi) is 6.64. The van der Waals surface area contributed by atoms with Gasteiger partial charge in [0.2, 0.25) is 11.8 Å². The highest BCUT2D eigenvalue weighted by Gasteiger charge is 2.34. The normalized spacial score (nSPS) is 11.5. The van der Waals surface area contributed by atoms with Crippen molar-refractivity contribution in [1.82, 2.24) is 25.1 Å². The molecule has 0 aliphatic heterocycles. The van der Waals surface area contributed by atoms with Crippen molar-refractivity contribution >= 4 is 23.1 Å². The molecule has 14 heteroatoms. The molecule has 4 aromatic rings. The topological polar surface area (TPSA) is 136 Å². The first-order valence-electron chi connectivity index (χ1n) is 10.2. The van der Waals surface area contributed by atoms with E-state index in [9.17, 15) is 22.8 Å². The van der Waals surface area contributed by atoms with Crippen molar-refractivity contribution in [2.75, 3.05) is 11.9 Å². The van der Waals surface area contributed by atoms with Crippen molar-refractivity contribution in [3.05, 3.63) is 46.2 Å². The molecule has 0 saturated heterocycles. The Bertz CT molecular complexity index is 1430. The van der Waals surface area contributed by atoms with Gasteiger partial charge in [-0.15, -0.1) is 16.4 Å². The molecule has 0 radical (unpaired) electrons. The van der Waals surface area contributed by atoms with Gasteiger partial charge in [0.15, 0.2) is 5.69 Å². The summed E-state index contributed by atoms with van der Waals surface area (Å²) >= 11 is 0.784. The molecule has 0 atom stereocenters. The smallest absolute Gasteiger partial charge is 0.434 e. The molecule has 4 aromatic heterocycles. The minimum Gasteiger partial charge on any atom is -0.477 e. The molecule has 0 aliphatic carbocycles. The molecule has 0 fully saturated rings. The summed E-state index contributed by atoms with van der Waals surface area (Å²) < 4.78 is 50.5. The van der Waals surface area contributed by atoms with Gasteiger partial charge in [0.25, 0.3) is 5.89 Å². The molecule has 0 unspecified atom stereocenters. The summed E-state index contributed by atoms with van der Waals surface area (Å²) in [6.07, 6.45) is -1.20. The lowest BCUT2D eigenvalue weighted by Gasteiger charge is -2.14. The van der Waals surface area contributed by atoms with Crippen LogP contribution in [0.5, 0.6) is 5.88 Å². The number of hydrogen-bond donors (Lipinski definition) is 2. The third-order valence-corrected chi connectivity index (χ3v) is 5.38. The standard InChI is InChI=1S/C21H17F3N6O4S/c1-3-4-33-18-12(5-11(7-26-18)17-29-30-20(32)34-17)14-8-25-16(27-10(2)31)6-13(14)19-28-15(9-35-19)21(22,23)24/h5-9H,3-4H2,1-2H3,(H,30,32)(H,25,27,31). The molecule has 10 nitrogen and oxygen atoms in total. The number of hydrogen-bond acceptors (Lipinski definition) is 9. The van der Waals surface area contributed by atoms with Crippen molar-refractivity contribution in [2.24, 2.45) is 0 Å². The van der Waals surface area contributed by atoms with Crippen LogP contribution in [-0.2, 0) is 11.0 Å². The Balaban J connectivity index is 1.92. The SMILES string of the molecule is CCCOc1ncc(-c2n[nH]c(=O)o2)cc1-c1cnc(NC(C)=O)cc1-c1nc(C(F)(F)F)cs1. The molecule has 182 valence electrons. The Hall–Kier alpha value is -4.07. The van der Waals surface area contributed by atoms with E-state index in [1.54, 1.807) is 6.07 Å². The maximum absolute atomic E-state index is 13.2. The van der Waals surface area contributed by atoms with E-state index in [2.05, 4.69) is 30.5 Å². The van der Waals surface area contributed by atoms with E-state index in [1.807, 2.05) is 6.92 Å². The number of nitrogens with zero attached hydrogens (tertiary/aromatic N) is 4. The summed E-state index contributed by atoms with van der Waals surface area (Å²) in [5.41, 5.74) is 0.207. The van der Waals surface area contributed by atoms with Crippen LogP contribution in [0.25, 0.3) is 33.2 Å². The first-order chi connectivity index (χ1) is 16.7. The molecule has 0 bridgehead atoms. The third-order valence-electron chi connectivity index (χ3n) is 4.50. The van der Waals surface area contributed by atoms with Crippen LogP contribution in [0.15, 0.2) is 39.1 Å². The van der Waals surface area contributed by atoms with Gasteiger partial charge in [0.05, 0.1) is 12.2 Å². The van der Waals surface area contributed by atoms with Gasteiger partial charge in [-0.3, -0.25) is 4.79 Å². The number of halogens is 3. The van der Waals surface area contributed by atoms with Gasteiger partial charge in [-0.2, -0.15) is 13.2 Å². The quantitative estimate of drug-likeness (QED) is 0.377. The van der Waals surface area contributed by atoms with Gasteiger partial charge >= 0.3 is 11.9 Å². The van der Waals surface area contributed by atoms with Crippen molar-refractivity contribution in [1.29, 1.82) is 0 Å². The molecule has 0 spiro atoms. The minimum absolute atomic E-state index is 0.0382. The van der Waals surface area contributed by atoms with E-state index in [0.717, 1.165) is 16.7 Å². The fraction of sp³-hybridized carbons (Fsp3) is 0.238. The number of aromatic nitrogens is 5. The molecule has 1 amide bonds. The zero-order chi connectivity index (χ0) is 25.2. The summed E-state index contributed by atoms with van der Waals surface area (Å²) in [7, 11) is 0. The molecule has 0 saturated carbocycles. The van der Waals surface area contributed by atoms with Gasteiger partial charge < -0.3 is 14.5 Å². The summed E-state index contributed by atoms with van der Waals surface area (Å²) in [5, 5.41) is 9.40. The third kappa shape index (κ3) is 5.37. The molecule has 35 heavy (non-hydrogen) atoms. The van der Waals surface area contributed by atoms with E-state index in [-0.39, 0.29) is 28.2 Å². The Morgan fingerprint density at radius 1 is 1.20 bits per heavy atom. The Labute approximate surface area is 199 Å².